The first-order chi connectivity index (χ1) is 57.8. The molecule has 0 aromatic carbocycles. The summed E-state index contributed by atoms with van der Waals surface area (Å²) in [6.07, 6.45) is 28.4. The number of hydrogen-bond acceptors (Lipinski definition) is 22. The number of carbonyl (C=O) groups is 2. The average Bonchev–Trinajstić information content (AvgIpc) is 1.63. The molecule has 0 aliphatic carbocycles. The zero-order chi connectivity index (χ0) is 89.4. The van der Waals surface area contributed by atoms with Crippen LogP contribution in [0, 0.1) is 12.3 Å². The lowest BCUT2D eigenvalue weighted by Crippen LogP contribution is -2.27. The minimum Gasteiger partial charge on any atom is -0.444 e. The number of H-pyrrole nitrogens is 6. The molecule has 0 saturated heterocycles. The fraction of sp³-hybridized carbons (Fsp3) is 0.476. The van der Waals surface area contributed by atoms with Gasteiger partial charge in [-0.2, -0.15) is 0 Å². The minimum atomic E-state index is -0.576. The Labute approximate surface area is 713 Å². The quantitative estimate of drug-likeness (QED) is 0.0105. The summed E-state index contributed by atoms with van der Waals surface area (Å²) in [5.74, 6) is 2.14. The Morgan fingerprint density at radius 3 is 1.12 bits per heavy atom. The zero-order valence-corrected chi connectivity index (χ0v) is 74.4. The number of hydrogen-bond donors (Lipinski definition) is 9. The van der Waals surface area contributed by atoms with Crippen molar-refractivity contribution in [3.63, 3.8) is 0 Å². The maximum Gasteiger partial charge on any atom is 0.412 e. The van der Waals surface area contributed by atoms with Gasteiger partial charge in [0.25, 0.3) is 5.91 Å². The van der Waals surface area contributed by atoms with Gasteiger partial charge in [0.15, 0.2) is 33.9 Å². The predicted molar refractivity (Wildman–Crippen MR) is 479 cm³/mol. The first kappa shape index (κ1) is 96.0. The molecule has 0 spiro atoms. The molecule has 0 bridgehead atoms. The highest BCUT2D eigenvalue weighted by Crippen LogP contribution is 2.32. The molecule has 0 saturated carbocycles. The smallest absolute Gasteiger partial charge is 0.412 e. The van der Waals surface area contributed by atoms with E-state index < -0.39 is 11.7 Å². The number of rotatable bonds is 26. The fourth-order valence-corrected chi connectivity index (χ4v) is 14.8. The number of nitrogens with one attached hydrogen (secondary N) is 8. The molecule has 0 aliphatic rings. The van der Waals surface area contributed by atoms with Crippen LogP contribution in [-0.4, -0.2) is 164 Å². The highest BCUT2D eigenvalue weighted by atomic mass is 35.5. The first-order valence-corrected chi connectivity index (χ1v) is 41.3. The first-order valence-electron chi connectivity index (χ1n) is 40.2. The van der Waals surface area contributed by atoms with E-state index >= 15 is 0 Å². The van der Waals surface area contributed by atoms with Gasteiger partial charge in [-0.15, -0.1) is 6.42 Å². The Hall–Kier alpha value is -12.1. The van der Waals surface area contributed by atoms with E-state index in [4.69, 9.17) is 60.8 Å². The third-order valence-electron chi connectivity index (χ3n) is 20.4. The lowest BCUT2D eigenvalue weighted by Gasteiger charge is -2.19. The van der Waals surface area contributed by atoms with Crippen molar-refractivity contribution in [1.82, 2.24) is 92.5 Å². The van der Waals surface area contributed by atoms with E-state index in [1.165, 1.54) is 70.9 Å². The van der Waals surface area contributed by atoms with Crippen molar-refractivity contribution in [2.45, 2.75) is 223 Å². The molecule has 12 heterocycles. The summed E-state index contributed by atoms with van der Waals surface area (Å²) in [5.41, 5.74) is 9.17. The third-order valence-corrected chi connectivity index (χ3v) is 21.3. The van der Waals surface area contributed by atoms with Crippen LogP contribution in [0.5, 0.6) is 0 Å². The molecule has 36 nitrogen and oxygen atoms in total. The highest BCUT2D eigenvalue weighted by Gasteiger charge is 2.27. The Kier molecular flexibility index (Phi) is 35.1. The van der Waals surface area contributed by atoms with Crippen LogP contribution in [0.3, 0.4) is 0 Å². The van der Waals surface area contributed by atoms with Crippen LogP contribution in [0.4, 0.5) is 16.2 Å². The third kappa shape index (κ3) is 22.1. The number of oxime groups is 3. The SMILES string of the molecule is C#Cc1cnc2[nH]c(=O)n(C(CC)CC)c2c1C(=O)NC.CCC(CC)n1c(=O)[nH]c2ncc(Cl)c(/C=N/O)c21.CCC(CC)n1c(=O)[nH]c2ncc(Cl)c(/C=N/OC)c21.CCC(CC)n1c(=O)[nH]c2ncc(Cl)c(/C=N\OC)c21.CCC(CC)n1c(=O)[nH]c2ncc(N(C)C)cc21.CCC(CC)n1c(=O)[nH]c2ncc(NC(=O)OC(C)(C)C)cc21. The number of ether oxygens (including phenoxy) is 1. The van der Waals surface area contributed by atoms with Crippen molar-refractivity contribution < 1.29 is 29.2 Å². The number of terminal acetylenes is 1. The lowest BCUT2D eigenvalue weighted by molar-refractivity contribution is 0.0635. The van der Waals surface area contributed by atoms with Crippen molar-refractivity contribution in [1.29, 1.82) is 0 Å². The predicted octanol–water partition coefficient (Wildman–Crippen LogP) is 15.0. The van der Waals surface area contributed by atoms with E-state index in [2.05, 4.69) is 106 Å². The van der Waals surface area contributed by atoms with Crippen LogP contribution >= 0.6 is 34.8 Å². The van der Waals surface area contributed by atoms with Crippen molar-refractivity contribution in [2.24, 2.45) is 15.5 Å². The van der Waals surface area contributed by atoms with E-state index in [0.717, 1.165) is 88.3 Å². The maximum absolute atomic E-state index is 12.2. The normalized spacial score (nSPS) is 11.6. The molecule has 0 unspecified atom stereocenters. The molecule has 0 fully saturated rings. The van der Waals surface area contributed by atoms with Gasteiger partial charge in [0.05, 0.1) is 96.2 Å². The van der Waals surface area contributed by atoms with Gasteiger partial charge in [0.2, 0.25) is 0 Å². The molecule has 12 aromatic heterocycles. The van der Waals surface area contributed by atoms with E-state index in [1.807, 2.05) is 98.9 Å². The zero-order valence-electron chi connectivity index (χ0n) is 72.1. The summed E-state index contributed by atoms with van der Waals surface area (Å²) in [5, 5.41) is 25.7. The summed E-state index contributed by atoms with van der Waals surface area (Å²) in [6, 6.07) is 4.29. The Morgan fingerprint density at radius 1 is 0.488 bits per heavy atom. The van der Waals surface area contributed by atoms with Gasteiger partial charge < -0.3 is 29.8 Å². The maximum atomic E-state index is 12.2. The second-order valence-corrected chi connectivity index (χ2v) is 30.2. The molecular formula is C82H111Cl3N24O12. The molecule has 0 atom stereocenters. The van der Waals surface area contributed by atoms with Crippen LogP contribution in [0.25, 0.3) is 67.0 Å². The van der Waals surface area contributed by atoms with E-state index in [0.29, 0.717) is 110 Å². The van der Waals surface area contributed by atoms with Crippen LogP contribution in [0.15, 0.2) is 93.5 Å². The van der Waals surface area contributed by atoms with Crippen LogP contribution in [-0.2, 0) is 14.4 Å². The molecule has 12 aromatic rings. The van der Waals surface area contributed by atoms with Gasteiger partial charge in [0, 0.05) is 98.9 Å². The molecule has 0 radical (unpaired) electrons. The molecule has 9 N–H and O–H groups in total. The summed E-state index contributed by atoms with van der Waals surface area (Å²) in [7, 11) is 8.37. The van der Waals surface area contributed by atoms with Crippen molar-refractivity contribution in [3.8, 4) is 12.3 Å². The Balaban J connectivity index is 0.000000200. The number of halogens is 3. The van der Waals surface area contributed by atoms with Gasteiger partial charge in [0.1, 0.15) is 25.3 Å². The topological polar surface area (TPSA) is 451 Å². The second-order valence-electron chi connectivity index (χ2n) is 29.0. The van der Waals surface area contributed by atoms with Crippen molar-refractivity contribution in [2.75, 3.05) is 45.6 Å². The number of anilines is 2. The number of nitrogens with zero attached hydrogens (tertiary/aromatic N) is 16. The lowest BCUT2D eigenvalue weighted by atomic mass is 10.1. The Morgan fingerprint density at radius 2 is 0.793 bits per heavy atom. The van der Waals surface area contributed by atoms with Gasteiger partial charge >= 0.3 is 40.2 Å². The number of carbonyl (C=O) groups excluding carboxylic acids is 2. The average molecular weight is 1730 g/mol. The van der Waals surface area contributed by atoms with Crippen LogP contribution in [0.2, 0.25) is 15.1 Å². The molecule has 2 amide bonds. The number of amides is 2. The summed E-state index contributed by atoms with van der Waals surface area (Å²) >= 11 is 18.4. The second kappa shape index (κ2) is 44.3. The van der Waals surface area contributed by atoms with E-state index in [-0.39, 0.29) is 76.3 Å². The van der Waals surface area contributed by atoms with Crippen molar-refractivity contribution in [3.05, 3.63) is 155 Å². The molecule has 121 heavy (non-hydrogen) atoms. The number of aromatic nitrogens is 18. The minimum absolute atomic E-state index is 0.00974. The monoisotopic (exact) mass is 1730 g/mol. The van der Waals surface area contributed by atoms with Gasteiger partial charge in [-0.1, -0.05) is 139 Å². The fourth-order valence-electron chi connectivity index (χ4n) is 14.2. The van der Waals surface area contributed by atoms with Crippen LogP contribution < -0.4 is 49.7 Å². The number of imidazole rings is 6. The molecule has 652 valence electrons. The van der Waals surface area contributed by atoms with Gasteiger partial charge in [-0.25, -0.2) is 63.5 Å². The molecule has 12 rings (SSSR count). The molecule has 39 heteroatoms. The molecular weight excluding hydrogens is 1620 g/mol. The number of pyridine rings is 6. The molecule has 0 aliphatic heterocycles. The number of aromatic amines is 6. The summed E-state index contributed by atoms with van der Waals surface area (Å²) in [4.78, 5) is 150. The summed E-state index contributed by atoms with van der Waals surface area (Å²) in [6.45, 7) is 29.8. The van der Waals surface area contributed by atoms with E-state index in [1.54, 1.807) is 55.9 Å². The highest BCUT2D eigenvalue weighted by molar-refractivity contribution is 6.35. The standard InChI is InChI=1S/C16H24N4O3.C15H18N4O2.2C13H17ClN4O2.C13H20N4O.C12H15ClN4O2/c1-6-11(7-2)20-12-8-10(9-17-13(12)19-14(20)21)18-15(22)23-16(3,4)5;1-5-9-8-17-13-12(11(9)14(20)16-4)19(15(21)18-13)10(6-2)7-3;2*1-4-8(5-2)18-11-9(6-16-20-3)10(14)7-15-12(11)17-13(18)19;1-5-9(6-2)17-11-7-10(16(3)4)8-14-12(11)15-13(17)18;1-3-7(4-2)17-10-8(5-15-19)9(13)6-14-11(10)16-12(17)18/h8-9,11H,6-7H2,1-5H3,(H,18,22)(H,17,19,21);1,8,10H,6-7H2,2-4H3,(H,16,20)(H,17,18,21);2*6-8H,4-5H2,1-3H3,(H,15,17,19);7-9H,5-6H2,1-4H3,(H,14,15,18);5-7,19H,3-4H2,1-2H3,(H,14,16,18)/b;;16-6+;16-6-;;15-5+. The van der Waals surface area contributed by atoms with Gasteiger partial charge in [-0.05, 0) is 110 Å². The van der Waals surface area contributed by atoms with Crippen LogP contribution in [0.1, 0.15) is 250 Å². The largest absolute Gasteiger partial charge is 0.444 e. The van der Waals surface area contributed by atoms with Crippen molar-refractivity contribution >= 4 is 144 Å². The number of fused-ring (bicyclic) bond motifs is 6. The van der Waals surface area contributed by atoms with Gasteiger partial charge in [-0.3, -0.25) is 67.4 Å². The Bertz CT molecular complexity index is 5930. The van der Waals surface area contributed by atoms with E-state index in [9.17, 15) is 38.4 Å². The summed E-state index contributed by atoms with van der Waals surface area (Å²) < 4.78 is 15.4.